The Balaban J connectivity index is 0.00000441. The summed E-state index contributed by atoms with van der Waals surface area (Å²) in [6.45, 7) is 5.26. The molecule has 0 aliphatic rings. The average molecular weight is 330 g/mol. The summed E-state index contributed by atoms with van der Waals surface area (Å²) in [5, 5.41) is 2.84. The summed E-state index contributed by atoms with van der Waals surface area (Å²) in [6.07, 6.45) is 1.53. The van der Waals surface area contributed by atoms with Crippen molar-refractivity contribution in [1.82, 2.24) is 4.90 Å². The van der Waals surface area contributed by atoms with Gasteiger partial charge in [0.25, 0.3) is 0 Å². The largest absolute Gasteiger partial charge is 0.492 e. The Hall–Kier alpha value is -1.30. The number of amides is 1. The van der Waals surface area contributed by atoms with Crippen LogP contribution in [0.3, 0.4) is 0 Å². The first-order chi connectivity index (χ1) is 9.85. The van der Waals surface area contributed by atoms with Gasteiger partial charge in [0.15, 0.2) is 0 Å². The van der Waals surface area contributed by atoms with E-state index in [2.05, 4.69) is 10.2 Å². The van der Waals surface area contributed by atoms with E-state index < -0.39 is 5.54 Å². The summed E-state index contributed by atoms with van der Waals surface area (Å²) in [6, 6.07) is 7.34. The minimum Gasteiger partial charge on any atom is -0.492 e. The third kappa shape index (κ3) is 7.11. The van der Waals surface area contributed by atoms with Crippen molar-refractivity contribution in [2.45, 2.75) is 32.2 Å². The van der Waals surface area contributed by atoms with Gasteiger partial charge in [-0.05, 0) is 51.7 Å². The standard InChI is InChI=1S/C16H27N3O2.ClH/c1-5-10-16(2,17)15(20)18-13-6-8-14(9-7-13)21-12-11-19(3)4;/h6-9H,5,10-12,17H2,1-4H3,(H,18,20);1H. The first-order valence-electron chi connectivity index (χ1n) is 7.33. The maximum atomic E-state index is 12.1. The molecular formula is C16H28ClN3O2. The van der Waals surface area contributed by atoms with Crippen molar-refractivity contribution in [3.63, 3.8) is 0 Å². The quantitative estimate of drug-likeness (QED) is 0.769. The second-order valence-electron chi connectivity index (χ2n) is 5.80. The molecule has 0 aliphatic heterocycles. The molecule has 0 aliphatic carbocycles. The highest BCUT2D eigenvalue weighted by Gasteiger charge is 2.27. The summed E-state index contributed by atoms with van der Waals surface area (Å²) in [5.74, 6) is 0.629. The van der Waals surface area contributed by atoms with Gasteiger partial charge in [-0.2, -0.15) is 0 Å². The number of halogens is 1. The molecule has 0 aromatic heterocycles. The van der Waals surface area contributed by atoms with Gasteiger partial charge in [-0.3, -0.25) is 4.79 Å². The fraction of sp³-hybridized carbons (Fsp3) is 0.562. The predicted octanol–water partition coefficient (Wildman–Crippen LogP) is 2.50. The number of anilines is 1. The van der Waals surface area contributed by atoms with Gasteiger partial charge in [-0.1, -0.05) is 13.3 Å². The van der Waals surface area contributed by atoms with Crippen molar-refractivity contribution in [3.05, 3.63) is 24.3 Å². The molecule has 3 N–H and O–H groups in total. The third-order valence-electron chi connectivity index (χ3n) is 3.21. The lowest BCUT2D eigenvalue weighted by atomic mass is 9.96. The van der Waals surface area contributed by atoms with E-state index in [0.29, 0.717) is 13.0 Å². The number of rotatable bonds is 8. The zero-order valence-corrected chi connectivity index (χ0v) is 14.7. The van der Waals surface area contributed by atoms with E-state index in [1.165, 1.54) is 0 Å². The van der Waals surface area contributed by atoms with Crippen LogP contribution in [0.4, 0.5) is 5.69 Å². The molecule has 1 atom stereocenters. The number of carbonyl (C=O) groups excluding carboxylic acids is 1. The molecule has 126 valence electrons. The summed E-state index contributed by atoms with van der Waals surface area (Å²) < 4.78 is 5.60. The molecule has 5 nitrogen and oxygen atoms in total. The number of carbonyl (C=O) groups is 1. The number of nitrogens with two attached hydrogens (primary N) is 1. The van der Waals surface area contributed by atoms with E-state index in [9.17, 15) is 4.79 Å². The molecule has 0 fully saturated rings. The van der Waals surface area contributed by atoms with Crippen molar-refractivity contribution in [2.24, 2.45) is 5.73 Å². The summed E-state index contributed by atoms with van der Waals surface area (Å²) in [7, 11) is 4.00. The van der Waals surface area contributed by atoms with E-state index in [1.807, 2.05) is 45.3 Å². The number of hydrogen-bond acceptors (Lipinski definition) is 4. The van der Waals surface area contributed by atoms with E-state index >= 15 is 0 Å². The highest BCUT2D eigenvalue weighted by Crippen LogP contribution is 2.18. The maximum absolute atomic E-state index is 12.1. The van der Waals surface area contributed by atoms with Gasteiger partial charge in [-0.15, -0.1) is 12.4 Å². The number of hydrogen-bond donors (Lipinski definition) is 2. The monoisotopic (exact) mass is 329 g/mol. The molecule has 1 unspecified atom stereocenters. The molecular weight excluding hydrogens is 302 g/mol. The Morgan fingerprint density at radius 1 is 1.32 bits per heavy atom. The number of nitrogens with zero attached hydrogens (tertiary/aromatic N) is 1. The number of likely N-dealkylation sites (N-methyl/N-ethyl adjacent to an activating group) is 1. The van der Waals surface area contributed by atoms with Crippen LogP contribution in [0.5, 0.6) is 5.75 Å². The highest BCUT2D eigenvalue weighted by molar-refractivity contribution is 5.97. The van der Waals surface area contributed by atoms with Crippen LogP contribution in [0, 0.1) is 0 Å². The first kappa shape index (κ1) is 20.7. The van der Waals surface area contributed by atoms with Crippen molar-refractivity contribution in [2.75, 3.05) is 32.6 Å². The SMILES string of the molecule is CCCC(C)(N)C(=O)Nc1ccc(OCCN(C)C)cc1.Cl. The van der Waals surface area contributed by atoms with Gasteiger partial charge in [0.05, 0.1) is 5.54 Å². The molecule has 1 rings (SSSR count). The van der Waals surface area contributed by atoms with Gasteiger partial charge in [-0.25, -0.2) is 0 Å². The van der Waals surface area contributed by atoms with E-state index in [-0.39, 0.29) is 18.3 Å². The fourth-order valence-corrected chi connectivity index (χ4v) is 1.89. The van der Waals surface area contributed by atoms with Crippen LogP contribution in [0.1, 0.15) is 26.7 Å². The van der Waals surface area contributed by atoms with E-state index in [0.717, 1.165) is 24.4 Å². The summed E-state index contributed by atoms with van der Waals surface area (Å²) >= 11 is 0. The minimum absolute atomic E-state index is 0. The van der Waals surface area contributed by atoms with Crippen molar-refractivity contribution >= 4 is 24.0 Å². The normalized spacial score (nSPS) is 13.2. The Morgan fingerprint density at radius 2 is 1.91 bits per heavy atom. The molecule has 0 radical (unpaired) electrons. The molecule has 1 aromatic rings. The van der Waals surface area contributed by atoms with Crippen LogP contribution >= 0.6 is 12.4 Å². The number of benzene rings is 1. The van der Waals surface area contributed by atoms with Gasteiger partial charge < -0.3 is 20.7 Å². The minimum atomic E-state index is -0.838. The molecule has 0 heterocycles. The Labute approximate surface area is 139 Å². The van der Waals surface area contributed by atoms with Crippen LogP contribution in [0.25, 0.3) is 0 Å². The second kappa shape index (κ2) is 9.66. The van der Waals surface area contributed by atoms with Gasteiger partial charge >= 0.3 is 0 Å². The van der Waals surface area contributed by atoms with Crippen LogP contribution < -0.4 is 15.8 Å². The smallest absolute Gasteiger partial charge is 0.244 e. The van der Waals surface area contributed by atoms with E-state index in [1.54, 1.807) is 6.92 Å². The molecule has 1 aromatic carbocycles. The van der Waals surface area contributed by atoms with Crippen molar-refractivity contribution < 1.29 is 9.53 Å². The molecule has 0 spiro atoms. The Bertz CT molecular complexity index is 447. The summed E-state index contributed by atoms with van der Waals surface area (Å²) in [4.78, 5) is 14.1. The first-order valence-corrected chi connectivity index (χ1v) is 7.33. The van der Waals surface area contributed by atoms with Crippen LogP contribution in [-0.2, 0) is 4.79 Å². The second-order valence-corrected chi connectivity index (χ2v) is 5.80. The highest BCUT2D eigenvalue weighted by atomic mass is 35.5. The fourth-order valence-electron chi connectivity index (χ4n) is 1.89. The Morgan fingerprint density at radius 3 is 2.41 bits per heavy atom. The van der Waals surface area contributed by atoms with E-state index in [4.69, 9.17) is 10.5 Å². The average Bonchev–Trinajstić information content (AvgIpc) is 2.40. The van der Waals surface area contributed by atoms with Gasteiger partial charge in [0, 0.05) is 12.2 Å². The van der Waals surface area contributed by atoms with Gasteiger partial charge in [0.2, 0.25) is 5.91 Å². The molecule has 0 saturated carbocycles. The third-order valence-corrected chi connectivity index (χ3v) is 3.21. The number of nitrogens with one attached hydrogen (secondary N) is 1. The lowest BCUT2D eigenvalue weighted by Crippen LogP contribution is -2.48. The van der Waals surface area contributed by atoms with Gasteiger partial charge in [0.1, 0.15) is 12.4 Å². The van der Waals surface area contributed by atoms with Crippen molar-refractivity contribution in [1.29, 1.82) is 0 Å². The van der Waals surface area contributed by atoms with Crippen LogP contribution in [0.2, 0.25) is 0 Å². The molecule has 0 bridgehead atoms. The lowest BCUT2D eigenvalue weighted by molar-refractivity contribution is -0.120. The zero-order chi connectivity index (χ0) is 15.9. The topological polar surface area (TPSA) is 67.6 Å². The van der Waals surface area contributed by atoms with Crippen LogP contribution in [-0.4, -0.2) is 43.6 Å². The summed E-state index contributed by atoms with van der Waals surface area (Å²) in [5.41, 5.74) is 5.89. The molecule has 22 heavy (non-hydrogen) atoms. The lowest BCUT2D eigenvalue weighted by Gasteiger charge is -2.22. The Kier molecular flexibility index (Phi) is 9.09. The molecule has 0 saturated heterocycles. The van der Waals surface area contributed by atoms with Crippen LogP contribution in [0.15, 0.2) is 24.3 Å². The maximum Gasteiger partial charge on any atom is 0.244 e. The number of ether oxygens (including phenoxy) is 1. The zero-order valence-electron chi connectivity index (χ0n) is 13.9. The molecule has 6 heteroatoms. The van der Waals surface area contributed by atoms with Crippen molar-refractivity contribution in [3.8, 4) is 5.75 Å². The predicted molar refractivity (Wildman–Crippen MR) is 93.9 cm³/mol. The molecule has 1 amide bonds.